The average Bonchev–Trinajstić information content (AvgIpc) is 2.62. The van der Waals surface area contributed by atoms with Gasteiger partial charge in [0.05, 0.1) is 4.90 Å². The van der Waals surface area contributed by atoms with Gasteiger partial charge in [-0.05, 0) is 43.9 Å². The fourth-order valence-electron chi connectivity index (χ4n) is 3.74. The van der Waals surface area contributed by atoms with E-state index in [1.54, 1.807) is 18.2 Å². The van der Waals surface area contributed by atoms with Crippen LogP contribution in [0.5, 0.6) is 0 Å². The van der Waals surface area contributed by atoms with Crippen molar-refractivity contribution in [1.29, 1.82) is 0 Å². The van der Waals surface area contributed by atoms with Gasteiger partial charge in [-0.15, -0.1) is 0 Å². The lowest BCUT2D eigenvalue weighted by atomic mass is 9.88. The number of nitrogens with one attached hydrogen (secondary N) is 1. The maximum Gasteiger partial charge on any atom is 0.243 e. The van der Waals surface area contributed by atoms with Gasteiger partial charge in [0.25, 0.3) is 0 Å². The van der Waals surface area contributed by atoms with Gasteiger partial charge >= 0.3 is 0 Å². The monoisotopic (exact) mass is 384 g/mol. The standard InChI is InChI=1S/C18H25ClN2O3S/c19-15-8-4-10-17(12-15)25(23,24)21-11-5-9-16(13-21)20-18(22)14-6-2-1-3-7-14/h4,8,10,12,14,16H,1-3,5-7,9,11,13H2,(H,20,22). The van der Waals surface area contributed by atoms with Crippen LogP contribution in [-0.4, -0.2) is 37.8 Å². The van der Waals surface area contributed by atoms with Crippen LogP contribution in [0.3, 0.4) is 0 Å². The molecule has 1 amide bonds. The van der Waals surface area contributed by atoms with Crippen molar-refractivity contribution >= 4 is 27.5 Å². The molecule has 138 valence electrons. The van der Waals surface area contributed by atoms with Gasteiger partial charge in [-0.3, -0.25) is 4.79 Å². The summed E-state index contributed by atoms with van der Waals surface area (Å²) in [7, 11) is -3.58. The van der Waals surface area contributed by atoms with E-state index in [4.69, 9.17) is 11.6 Å². The summed E-state index contributed by atoms with van der Waals surface area (Å²) in [4.78, 5) is 12.6. The van der Waals surface area contributed by atoms with Gasteiger partial charge in [-0.2, -0.15) is 4.31 Å². The van der Waals surface area contributed by atoms with Crippen molar-refractivity contribution in [3.8, 4) is 0 Å². The number of carbonyl (C=O) groups excluding carboxylic acids is 1. The Bertz CT molecular complexity index is 717. The Morgan fingerprint density at radius 1 is 1.12 bits per heavy atom. The zero-order valence-electron chi connectivity index (χ0n) is 14.3. The zero-order chi connectivity index (χ0) is 17.9. The third-order valence-corrected chi connectivity index (χ3v) is 7.24. The quantitative estimate of drug-likeness (QED) is 0.866. The SMILES string of the molecule is O=C(NC1CCCN(S(=O)(=O)c2cccc(Cl)c2)C1)C1CCCCC1. The van der Waals surface area contributed by atoms with Crippen molar-refractivity contribution in [3.05, 3.63) is 29.3 Å². The molecule has 2 aliphatic rings. The first kappa shape index (κ1) is 18.7. The maximum atomic E-state index is 12.8. The molecule has 1 saturated heterocycles. The van der Waals surface area contributed by atoms with Crippen LogP contribution in [0.4, 0.5) is 0 Å². The van der Waals surface area contributed by atoms with Gasteiger partial charge in [0.15, 0.2) is 0 Å². The van der Waals surface area contributed by atoms with Crippen LogP contribution in [-0.2, 0) is 14.8 Å². The summed E-state index contributed by atoms with van der Waals surface area (Å²) in [6.45, 7) is 0.804. The highest BCUT2D eigenvalue weighted by atomic mass is 35.5. The predicted octanol–water partition coefficient (Wildman–Crippen LogP) is 3.19. The van der Waals surface area contributed by atoms with Gasteiger partial charge in [0, 0.05) is 30.1 Å². The molecule has 1 N–H and O–H groups in total. The number of hydrogen-bond donors (Lipinski definition) is 1. The zero-order valence-corrected chi connectivity index (χ0v) is 15.9. The topological polar surface area (TPSA) is 66.5 Å². The minimum Gasteiger partial charge on any atom is -0.352 e. The lowest BCUT2D eigenvalue weighted by molar-refractivity contribution is -0.126. The number of nitrogens with zero attached hydrogens (tertiary/aromatic N) is 1. The van der Waals surface area contributed by atoms with Gasteiger partial charge < -0.3 is 5.32 Å². The van der Waals surface area contributed by atoms with Crippen molar-refractivity contribution < 1.29 is 13.2 Å². The highest BCUT2D eigenvalue weighted by molar-refractivity contribution is 7.89. The molecule has 0 radical (unpaired) electrons. The first-order chi connectivity index (χ1) is 12.0. The Morgan fingerprint density at radius 3 is 2.60 bits per heavy atom. The largest absolute Gasteiger partial charge is 0.352 e. The van der Waals surface area contributed by atoms with Gasteiger partial charge in [-0.1, -0.05) is 36.9 Å². The first-order valence-electron chi connectivity index (χ1n) is 9.03. The van der Waals surface area contributed by atoms with E-state index in [9.17, 15) is 13.2 Å². The number of amides is 1. The minimum atomic E-state index is -3.58. The molecule has 1 atom stereocenters. The summed E-state index contributed by atoms with van der Waals surface area (Å²) in [5, 5.41) is 3.49. The summed E-state index contributed by atoms with van der Waals surface area (Å²) in [5.41, 5.74) is 0. The average molecular weight is 385 g/mol. The summed E-state index contributed by atoms with van der Waals surface area (Å²) < 4.78 is 27.1. The smallest absolute Gasteiger partial charge is 0.243 e. The molecule has 1 aromatic rings. The van der Waals surface area contributed by atoms with Crippen LogP contribution in [0.1, 0.15) is 44.9 Å². The number of hydrogen-bond acceptors (Lipinski definition) is 3. The third kappa shape index (κ3) is 4.54. The lowest BCUT2D eigenvalue weighted by Gasteiger charge is -2.33. The van der Waals surface area contributed by atoms with Gasteiger partial charge in [0.2, 0.25) is 15.9 Å². The van der Waals surface area contributed by atoms with Crippen LogP contribution >= 0.6 is 11.6 Å². The molecule has 1 unspecified atom stereocenters. The normalized spacial score (nSPS) is 23.3. The molecule has 2 fully saturated rings. The van der Waals surface area contributed by atoms with E-state index in [1.165, 1.54) is 16.8 Å². The van der Waals surface area contributed by atoms with Crippen LogP contribution in [0, 0.1) is 5.92 Å². The number of piperidine rings is 1. The Kier molecular flexibility index (Phi) is 6.02. The van der Waals surface area contributed by atoms with Crippen LogP contribution in [0.15, 0.2) is 29.2 Å². The number of benzene rings is 1. The Hall–Kier alpha value is -1.11. The van der Waals surface area contributed by atoms with Crippen molar-refractivity contribution in [1.82, 2.24) is 9.62 Å². The fraction of sp³-hybridized carbons (Fsp3) is 0.611. The molecule has 0 aromatic heterocycles. The van der Waals surface area contributed by atoms with Gasteiger partial charge in [-0.25, -0.2) is 8.42 Å². The summed E-state index contributed by atoms with van der Waals surface area (Å²) >= 11 is 5.93. The van der Waals surface area contributed by atoms with E-state index < -0.39 is 10.0 Å². The van der Waals surface area contributed by atoms with Crippen LogP contribution in [0.2, 0.25) is 5.02 Å². The fourth-order valence-corrected chi connectivity index (χ4v) is 5.56. The molecule has 1 heterocycles. The molecular formula is C18H25ClN2O3S. The van der Waals surface area contributed by atoms with E-state index in [0.29, 0.717) is 18.1 Å². The Balaban J connectivity index is 1.65. The van der Waals surface area contributed by atoms with E-state index >= 15 is 0 Å². The molecule has 1 aliphatic heterocycles. The molecule has 25 heavy (non-hydrogen) atoms. The van der Waals surface area contributed by atoms with Crippen molar-refractivity contribution in [2.45, 2.75) is 55.9 Å². The molecule has 1 aliphatic carbocycles. The first-order valence-corrected chi connectivity index (χ1v) is 10.8. The number of rotatable bonds is 4. The highest BCUT2D eigenvalue weighted by Crippen LogP contribution is 2.26. The Labute approximate surface area is 154 Å². The second-order valence-electron chi connectivity index (χ2n) is 7.00. The van der Waals surface area contributed by atoms with Gasteiger partial charge in [0.1, 0.15) is 0 Å². The van der Waals surface area contributed by atoms with E-state index in [-0.39, 0.29) is 22.8 Å². The molecule has 5 nitrogen and oxygen atoms in total. The molecule has 1 aromatic carbocycles. The summed E-state index contributed by atoms with van der Waals surface area (Å²) in [6.07, 6.45) is 6.89. The minimum absolute atomic E-state index is 0.0895. The summed E-state index contributed by atoms with van der Waals surface area (Å²) in [6, 6.07) is 6.22. The number of sulfonamides is 1. The molecule has 3 rings (SSSR count). The molecule has 7 heteroatoms. The number of carbonyl (C=O) groups is 1. The summed E-state index contributed by atoms with van der Waals surface area (Å²) in [5.74, 6) is 0.181. The molecule has 1 saturated carbocycles. The van der Waals surface area contributed by atoms with Crippen LogP contribution < -0.4 is 5.32 Å². The number of halogens is 1. The molecule has 0 spiro atoms. The van der Waals surface area contributed by atoms with Crippen molar-refractivity contribution in [2.75, 3.05) is 13.1 Å². The molecular weight excluding hydrogens is 360 g/mol. The second kappa shape index (κ2) is 8.06. The van der Waals surface area contributed by atoms with Crippen LogP contribution in [0.25, 0.3) is 0 Å². The van der Waals surface area contributed by atoms with Crippen molar-refractivity contribution in [2.24, 2.45) is 5.92 Å². The lowest BCUT2D eigenvalue weighted by Crippen LogP contribution is -2.50. The Morgan fingerprint density at radius 2 is 1.88 bits per heavy atom. The highest BCUT2D eigenvalue weighted by Gasteiger charge is 2.32. The maximum absolute atomic E-state index is 12.8. The molecule has 0 bridgehead atoms. The van der Waals surface area contributed by atoms with Crippen molar-refractivity contribution in [3.63, 3.8) is 0 Å². The van der Waals surface area contributed by atoms with E-state index in [2.05, 4.69) is 5.32 Å². The van der Waals surface area contributed by atoms with E-state index in [1.807, 2.05) is 0 Å². The van der Waals surface area contributed by atoms with E-state index in [0.717, 1.165) is 38.5 Å². The second-order valence-corrected chi connectivity index (χ2v) is 9.38. The third-order valence-electron chi connectivity index (χ3n) is 5.14. The predicted molar refractivity (Wildman–Crippen MR) is 98.0 cm³/mol.